The largest absolute Gasteiger partial charge is 0.504 e. The van der Waals surface area contributed by atoms with E-state index in [0.29, 0.717) is 18.7 Å². The first kappa shape index (κ1) is 28.6. The molecule has 0 aliphatic carbocycles. The van der Waals surface area contributed by atoms with Gasteiger partial charge in [-0.1, -0.05) is 50.2 Å². The van der Waals surface area contributed by atoms with Crippen molar-refractivity contribution >= 4 is 17.8 Å². The Labute approximate surface area is 211 Å². The molecule has 0 fully saturated rings. The van der Waals surface area contributed by atoms with Gasteiger partial charge in [0, 0.05) is 6.42 Å². The number of aliphatic carboxylic acids is 1. The number of carbonyl (C=O) groups is 3. The number of nitrogens with one attached hydrogen (secondary N) is 2. The van der Waals surface area contributed by atoms with Crippen LogP contribution in [0.1, 0.15) is 44.2 Å². The van der Waals surface area contributed by atoms with Crippen LogP contribution in [0.25, 0.3) is 0 Å². The van der Waals surface area contributed by atoms with Crippen molar-refractivity contribution in [2.24, 2.45) is 0 Å². The lowest BCUT2D eigenvalue weighted by atomic mass is 9.77. The van der Waals surface area contributed by atoms with Crippen molar-refractivity contribution < 1.29 is 34.1 Å². The van der Waals surface area contributed by atoms with Crippen molar-refractivity contribution in [1.82, 2.24) is 10.6 Å². The second kappa shape index (κ2) is 13.5. The second-order valence-corrected chi connectivity index (χ2v) is 8.93. The Morgan fingerprint density at radius 3 is 2.31 bits per heavy atom. The summed E-state index contributed by atoms with van der Waals surface area (Å²) < 4.78 is 9.96. The Kier molecular flexibility index (Phi) is 10.7. The number of ether oxygens (including phenoxy) is 2. The highest BCUT2D eigenvalue weighted by atomic mass is 16.5. The van der Waals surface area contributed by atoms with Crippen molar-refractivity contribution in [2.45, 2.75) is 57.0 Å². The molecule has 2 aromatic carbocycles. The summed E-state index contributed by atoms with van der Waals surface area (Å²) in [4.78, 5) is 36.8. The predicted molar refractivity (Wildman–Crippen MR) is 135 cm³/mol. The van der Waals surface area contributed by atoms with Gasteiger partial charge in [0.1, 0.15) is 6.04 Å². The smallest absolute Gasteiger partial charge is 0.328 e. The normalized spacial score (nSPS) is 14.2. The molecule has 0 bridgehead atoms. The number of aromatic hydroxyl groups is 1. The summed E-state index contributed by atoms with van der Waals surface area (Å²) in [6.45, 7) is 4.40. The van der Waals surface area contributed by atoms with Gasteiger partial charge < -0.3 is 30.3 Å². The predicted octanol–water partition coefficient (Wildman–Crippen LogP) is 2.79. The molecule has 0 radical (unpaired) electrons. The quantitative estimate of drug-likeness (QED) is 0.291. The summed E-state index contributed by atoms with van der Waals surface area (Å²) in [7, 11) is 2.72. The summed E-state index contributed by atoms with van der Waals surface area (Å²) in [5, 5.41) is 25.3. The van der Waals surface area contributed by atoms with Crippen LogP contribution in [-0.4, -0.2) is 60.9 Å². The summed E-state index contributed by atoms with van der Waals surface area (Å²) in [6, 6.07) is 12.4. The molecule has 2 rings (SSSR count). The Balaban J connectivity index is 2.10. The molecule has 36 heavy (non-hydrogen) atoms. The molecule has 0 aliphatic heterocycles. The van der Waals surface area contributed by atoms with E-state index in [0.717, 1.165) is 17.5 Å². The maximum atomic E-state index is 13.0. The lowest BCUT2D eigenvalue weighted by Gasteiger charge is -2.30. The van der Waals surface area contributed by atoms with E-state index < -0.39 is 36.4 Å². The van der Waals surface area contributed by atoms with Crippen LogP contribution in [0.5, 0.6) is 11.5 Å². The third-order valence-electron chi connectivity index (χ3n) is 6.50. The summed E-state index contributed by atoms with van der Waals surface area (Å²) in [6.07, 6.45) is 1.09. The highest BCUT2D eigenvalue weighted by Crippen LogP contribution is 2.36. The maximum Gasteiger partial charge on any atom is 0.328 e. The number of rotatable bonds is 14. The minimum Gasteiger partial charge on any atom is -0.504 e. The SMILES string of the molecule is CCC(C)(CCN[C@@H](CC(=O)O)C(=O)N[C@@H](Cc1ccccc1)C(=O)OC)c1ccc(OC)c(O)c1. The minimum absolute atomic E-state index is 0.0398. The molecule has 9 nitrogen and oxygen atoms in total. The molecule has 9 heteroatoms. The van der Waals surface area contributed by atoms with Gasteiger partial charge in [-0.3, -0.25) is 9.59 Å². The minimum atomic E-state index is -1.14. The van der Waals surface area contributed by atoms with Crippen LogP contribution in [0.2, 0.25) is 0 Å². The van der Waals surface area contributed by atoms with Crippen molar-refractivity contribution in [2.75, 3.05) is 20.8 Å². The van der Waals surface area contributed by atoms with Gasteiger partial charge in [0.25, 0.3) is 0 Å². The number of esters is 1. The van der Waals surface area contributed by atoms with Gasteiger partial charge in [0.15, 0.2) is 11.5 Å². The summed E-state index contributed by atoms with van der Waals surface area (Å²) in [5.41, 5.74) is 1.39. The van der Waals surface area contributed by atoms with E-state index in [1.807, 2.05) is 50.2 Å². The first-order chi connectivity index (χ1) is 17.1. The lowest BCUT2D eigenvalue weighted by Crippen LogP contribution is -2.52. The number of carbonyl (C=O) groups excluding carboxylic acids is 2. The molecule has 1 amide bonds. The molecular formula is C27H36N2O7. The van der Waals surface area contributed by atoms with Crippen LogP contribution in [0.4, 0.5) is 0 Å². The van der Waals surface area contributed by atoms with Crippen LogP contribution >= 0.6 is 0 Å². The average Bonchev–Trinajstić information content (AvgIpc) is 2.87. The van der Waals surface area contributed by atoms with Crippen LogP contribution in [0.3, 0.4) is 0 Å². The van der Waals surface area contributed by atoms with Gasteiger partial charge in [-0.15, -0.1) is 0 Å². The van der Waals surface area contributed by atoms with E-state index in [-0.39, 0.29) is 17.6 Å². The second-order valence-electron chi connectivity index (χ2n) is 8.93. The topological polar surface area (TPSA) is 134 Å². The fourth-order valence-electron chi connectivity index (χ4n) is 4.00. The molecule has 3 atom stereocenters. The Bertz CT molecular complexity index is 1030. The number of hydrogen-bond donors (Lipinski definition) is 4. The molecular weight excluding hydrogens is 464 g/mol. The standard InChI is InChI=1S/C27H36N2O7/c1-5-27(2,19-11-12-23(35-3)22(30)16-19)13-14-28-20(17-24(31)32)25(33)29-21(26(34)36-4)15-18-9-7-6-8-10-18/h6-12,16,20-21,28,30H,5,13-15,17H2,1-4H3,(H,29,33)(H,31,32)/t20-,21-,27?/m0/s1. The number of phenolic OH excluding ortho intramolecular Hbond substituents is 1. The Morgan fingerprint density at radius 1 is 1.06 bits per heavy atom. The molecule has 0 aromatic heterocycles. The van der Waals surface area contributed by atoms with E-state index in [9.17, 15) is 24.6 Å². The Morgan fingerprint density at radius 2 is 1.75 bits per heavy atom. The van der Waals surface area contributed by atoms with Crippen LogP contribution in [0, 0.1) is 0 Å². The number of methoxy groups -OCH3 is 2. The number of benzene rings is 2. The van der Waals surface area contributed by atoms with Gasteiger partial charge >= 0.3 is 11.9 Å². The molecule has 0 saturated carbocycles. The highest BCUT2D eigenvalue weighted by Gasteiger charge is 2.30. The number of carboxylic acids is 1. The van der Waals surface area contributed by atoms with Crippen LogP contribution in [-0.2, 0) is 31.0 Å². The van der Waals surface area contributed by atoms with Crippen molar-refractivity contribution in [3.8, 4) is 11.5 Å². The molecule has 0 aliphatic rings. The van der Waals surface area contributed by atoms with Gasteiger partial charge in [-0.2, -0.15) is 0 Å². The Hall–Kier alpha value is -3.59. The van der Waals surface area contributed by atoms with E-state index in [4.69, 9.17) is 9.47 Å². The van der Waals surface area contributed by atoms with Crippen LogP contribution in [0.15, 0.2) is 48.5 Å². The van der Waals surface area contributed by atoms with Gasteiger partial charge in [0.05, 0.1) is 26.7 Å². The fourth-order valence-corrected chi connectivity index (χ4v) is 4.00. The van der Waals surface area contributed by atoms with E-state index in [1.165, 1.54) is 14.2 Å². The third-order valence-corrected chi connectivity index (χ3v) is 6.50. The van der Waals surface area contributed by atoms with E-state index >= 15 is 0 Å². The molecule has 196 valence electrons. The molecule has 0 saturated heterocycles. The maximum absolute atomic E-state index is 13.0. The van der Waals surface area contributed by atoms with Gasteiger partial charge in [0.2, 0.25) is 5.91 Å². The summed E-state index contributed by atoms with van der Waals surface area (Å²) >= 11 is 0. The number of phenols is 1. The van der Waals surface area contributed by atoms with E-state index in [2.05, 4.69) is 10.6 Å². The van der Waals surface area contributed by atoms with Gasteiger partial charge in [-0.05, 0) is 48.1 Å². The zero-order valence-electron chi connectivity index (χ0n) is 21.2. The summed E-state index contributed by atoms with van der Waals surface area (Å²) in [5.74, 6) is -1.93. The van der Waals surface area contributed by atoms with Crippen LogP contribution < -0.4 is 15.4 Å². The number of amides is 1. The van der Waals surface area contributed by atoms with Crippen molar-refractivity contribution in [3.05, 3.63) is 59.7 Å². The molecule has 2 aromatic rings. The first-order valence-electron chi connectivity index (χ1n) is 11.9. The monoisotopic (exact) mass is 500 g/mol. The number of carboxylic acid groups (broad SMARTS) is 1. The zero-order valence-corrected chi connectivity index (χ0v) is 21.2. The average molecular weight is 501 g/mol. The lowest BCUT2D eigenvalue weighted by molar-refractivity contribution is -0.145. The van der Waals surface area contributed by atoms with Gasteiger partial charge in [-0.25, -0.2) is 4.79 Å². The van der Waals surface area contributed by atoms with Crippen molar-refractivity contribution in [3.63, 3.8) is 0 Å². The molecule has 0 spiro atoms. The van der Waals surface area contributed by atoms with Crippen molar-refractivity contribution in [1.29, 1.82) is 0 Å². The first-order valence-corrected chi connectivity index (χ1v) is 11.9. The fraction of sp³-hybridized carbons (Fsp3) is 0.444. The van der Waals surface area contributed by atoms with E-state index in [1.54, 1.807) is 12.1 Å². The third kappa shape index (κ3) is 7.98. The highest BCUT2D eigenvalue weighted by molar-refractivity contribution is 5.90. The molecule has 1 unspecified atom stereocenters. The molecule has 0 heterocycles. The number of hydrogen-bond acceptors (Lipinski definition) is 7. The molecule has 4 N–H and O–H groups in total. The zero-order chi connectivity index (χ0) is 26.7.